The van der Waals surface area contributed by atoms with Gasteiger partial charge in [0.25, 0.3) is 0 Å². The molecule has 0 bridgehead atoms. The molecule has 2 atom stereocenters. The van der Waals surface area contributed by atoms with Crippen molar-refractivity contribution < 1.29 is 22.7 Å². The smallest absolute Gasteiger partial charge is 0.242 e. The highest BCUT2D eigenvalue weighted by Gasteiger charge is 2.31. The van der Waals surface area contributed by atoms with E-state index in [9.17, 15) is 9.32 Å². The van der Waals surface area contributed by atoms with E-state index in [0.29, 0.717) is 22.8 Å². The van der Waals surface area contributed by atoms with Gasteiger partial charge in [-0.05, 0) is 38.2 Å². The van der Waals surface area contributed by atoms with Crippen molar-refractivity contribution in [3.8, 4) is 22.8 Å². The molecule has 11 heteroatoms. The van der Waals surface area contributed by atoms with Crippen molar-refractivity contribution in [2.45, 2.75) is 30.9 Å². The lowest BCUT2D eigenvalue weighted by molar-refractivity contribution is 0.438. The summed E-state index contributed by atoms with van der Waals surface area (Å²) in [7, 11) is -2.07. The number of nitrogens with one attached hydrogen (secondary N) is 1. The van der Waals surface area contributed by atoms with Crippen molar-refractivity contribution in [1.29, 1.82) is 0 Å². The second-order valence-electron chi connectivity index (χ2n) is 6.69. The van der Waals surface area contributed by atoms with Crippen molar-refractivity contribution in [1.82, 2.24) is 4.72 Å². The van der Waals surface area contributed by atoms with Gasteiger partial charge in [-0.25, -0.2) is 8.93 Å². The Morgan fingerprint density at radius 2 is 2.04 bits per heavy atom. The van der Waals surface area contributed by atoms with Crippen LogP contribution in [-0.4, -0.2) is 28.7 Å². The predicted octanol–water partition coefficient (Wildman–Crippen LogP) is 5.73. The van der Waals surface area contributed by atoms with Gasteiger partial charge in [-0.1, -0.05) is 45.2 Å². The van der Waals surface area contributed by atoms with Crippen LogP contribution >= 0.6 is 39.1 Å². The third kappa shape index (κ3) is 5.96. The fourth-order valence-corrected chi connectivity index (χ4v) is 4.32. The molecular weight excluding hydrogens is 497 g/mol. The van der Waals surface area contributed by atoms with Crippen LogP contribution in [0.3, 0.4) is 0 Å². The van der Waals surface area contributed by atoms with Crippen LogP contribution in [0.1, 0.15) is 17.0 Å². The first kappa shape index (κ1) is 22.7. The SMILES string of the molecule is C[Si](C)(C)Oc1c(C(Br)CCNS(=O)O)oc(-c2cccc(Cl)c2Cl)c1O. The Morgan fingerprint density at radius 1 is 1.37 bits per heavy atom. The average Bonchev–Trinajstić information content (AvgIpc) is 2.85. The van der Waals surface area contributed by atoms with Gasteiger partial charge < -0.3 is 13.9 Å². The van der Waals surface area contributed by atoms with Gasteiger partial charge in [-0.3, -0.25) is 4.55 Å². The second-order valence-corrected chi connectivity index (χ2v) is 13.8. The standard InChI is InChI=1S/C16H20BrCl2NO5SSi/c1-27(2,3)25-16-13(21)14(9-5-4-6-11(18)12(9)19)24-15(16)10(17)7-8-20-26(22)23/h4-6,10,20-21H,7-8H2,1-3H3,(H,22,23). The van der Waals surface area contributed by atoms with E-state index in [-0.39, 0.29) is 33.7 Å². The van der Waals surface area contributed by atoms with E-state index in [1.165, 1.54) is 0 Å². The van der Waals surface area contributed by atoms with Crippen LogP contribution in [-0.2, 0) is 11.3 Å². The minimum atomic E-state index is -2.10. The first-order valence-electron chi connectivity index (χ1n) is 7.98. The van der Waals surface area contributed by atoms with Gasteiger partial charge in [0.15, 0.2) is 17.3 Å². The van der Waals surface area contributed by atoms with Crippen molar-refractivity contribution in [3.63, 3.8) is 0 Å². The van der Waals surface area contributed by atoms with E-state index >= 15 is 0 Å². The fraction of sp³-hybridized carbons (Fsp3) is 0.375. The molecule has 2 aromatic rings. The number of hydrogen-bond acceptors (Lipinski definition) is 4. The second kappa shape index (κ2) is 9.30. The molecule has 0 spiro atoms. The normalized spacial score (nSPS) is 14.2. The molecular formula is C16H20BrCl2NO5SSi. The monoisotopic (exact) mass is 515 g/mol. The molecule has 0 aliphatic rings. The molecule has 2 unspecified atom stereocenters. The Hall–Kier alpha value is -0.553. The summed E-state index contributed by atoms with van der Waals surface area (Å²) in [5.74, 6) is 0.632. The van der Waals surface area contributed by atoms with E-state index in [2.05, 4.69) is 20.7 Å². The molecule has 0 aliphatic carbocycles. The van der Waals surface area contributed by atoms with Crippen molar-refractivity contribution in [2.75, 3.05) is 6.54 Å². The quantitative estimate of drug-likeness (QED) is 0.237. The number of hydrogen-bond donors (Lipinski definition) is 3. The topological polar surface area (TPSA) is 91.9 Å². The summed E-state index contributed by atoms with van der Waals surface area (Å²) in [5.41, 5.74) is 0.447. The van der Waals surface area contributed by atoms with Crippen molar-refractivity contribution >= 4 is 58.7 Å². The minimum Gasteiger partial charge on any atom is -0.539 e. The lowest BCUT2D eigenvalue weighted by Gasteiger charge is -2.20. The third-order valence-corrected chi connectivity index (χ3v) is 6.34. The van der Waals surface area contributed by atoms with Gasteiger partial charge in [0, 0.05) is 12.1 Å². The highest BCUT2D eigenvalue weighted by Crippen LogP contribution is 2.50. The molecule has 0 saturated heterocycles. The van der Waals surface area contributed by atoms with Crippen LogP contribution in [0, 0.1) is 0 Å². The zero-order valence-corrected chi connectivity index (χ0v) is 19.8. The van der Waals surface area contributed by atoms with Gasteiger partial charge >= 0.3 is 0 Å². The minimum absolute atomic E-state index is 0.153. The van der Waals surface area contributed by atoms with Gasteiger partial charge in [-0.15, -0.1) is 0 Å². The number of rotatable bonds is 8. The lowest BCUT2D eigenvalue weighted by atomic mass is 10.1. The molecule has 3 N–H and O–H groups in total. The molecule has 1 aromatic carbocycles. The van der Waals surface area contributed by atoms with Gasteiger partial charge in [0.2, 0.25) is 25.3 Å². The van der Waals surface area contributed by atoms with E-state index in [1.807, 2.05) is 19.6 Å². The molecule has 0 saturated carbocycles. The average molecular weight is 517 g/mol. The summed E-state index contributed by atoms with van der Waals surface area (Å²) in [6, 6.07) is 5.03. The van der Waals surface area contributed by atoms with Crippen LogP contribution in [0.15, 0.2) is 22.6 Å². The van der Waals surface area contributed by atoms with Crippen molar-refractivity contribution in [2.24, 2.45) is 0 Å². The van der Waals surface area contributed by atoms with Crippen LogP contribution < -0.4 is 9.15 Å². The number of halogens is 3. The van der Waals surface area contributed by atoms with E-state index < -0.39 is 19.6 Å². The summed E-state index contributed by atoms with van der Waals surface area (Å²) in [4.78, 5) is -0.363. The van der Waals surface area contributed by atoms with E-state index in [1.54, 1.807) is 18.2 Å². The number of furan rings is 1. The molecule has 27 heavy (non-hydrogen) atoms. The molecule has 6 nitrogen and oxygen atoms in total. The maximum absolute atomic E-state index is 10.8. The first-order valence-corrected chi connectivity index (χ1v) is 14.2. The Bertz CT molecular complexity index is 843. The number of aromatic hydroxyl groups is 1. The van der Waals surface area contributed by atoms with Crippen LogP contribution in [0.25, 0.3) is 11.3 Å². The maximum atomic E-state index is 10.8. The van der Waals surface area contributed by atoms with E-state index in [0.717, 1.165) is 0 Å². The molecule has 0 radical (unpaired) electrons. The van der Waals surface area contributed by atoms with Gasteiger partial charge in [0.05, 0.1) is 14.9 Å². The van der Waals surface area contributed by atoms with Crippen molar-refractivity contribution in [3.05, 3.63) is 34.0 Å². The van der Waals surface area contributed by atoms with Crippen LogP contribution in [0.4, 0.5) is 0 Å². The molecule has 0 fully saturated rings. The summed E-state index contributed by atoms with van der Waals surface area (Å²) in [6.07, 6.45) is 0.421. The number of benzene rings is 1. The summed E-state index contributed by atoms with van der Waals surface area (Å²) >= 11 is 13.8. The highest BCUT2D eigenvalue weighted by molar-refractivity contribution is 9.09. The summed E-state index contributed by atoms with van der Waals surface area (Å²) in [6.45, 7) is 6.19. The molecule has 0 aliphatic heterocycles. The Balaban J connectivity index is 2.48. The van der Waals surface area contributed by atoms with Crippen LogP contribution in [0.2, 0.25) is 29.7 Å². The highest BCUT2D eigenvalue weighted by atomic mass is 79.9. The van der Waals surface area contributed by atoms with Crippen LogP contribution in [0.5, 0.6) is 11.5 Å². The fourth-order valence-electron chi connectivity index (χ4n) is 2.30. The molecule has 2 rings (SSSR count). The molecule has 150 valence electrons. The Kier molecular flexibility index (Phi) is 7.83. The maximum Gasteiger partial charge on any atom is 0.242 e. The predicted molar refractivity (Wildman–Crippen MR) is 115 cm³/mol. The zero-order chi connectivity index (χ0) is 20.4. The van der Waals surface area contributed by atoms with E-state index in [4.69, 9.17) is 36.6 Å². The summed E-state index contributed by atoms with van der Waals surface area (Å²) in [5, 5.41) is 11.4. The molecule has 1 heterocycles. The largest absolute Gasteiger partial charge is 0.539 e. The first-order chi connectivity index (χ1) is 12.5. The third-order valence-electron chi connectivity index (χ3n) is 3.38. The molecule has 0 amide bonds. The van der Waals surface area contributed by atoms with Gasteiger partial charge in [-0.2, -0.15) is 0 Å². The van der Waals surface area contributed by atoms with Gasteiger partial charge in [0.1, 0.15) is 0 Å². The number of alkyl halides is 1. The lowest BCUT2D eigenvalue weighted by Crippen LogP contribution is -2.29. The zero-order valence-electron chi connectivity index (χ0n) is 14.9. The Labute approximate surface area is 179 Å². The Morgan fingerprint density at radius 3 is 2.63 bits per heavy atom. The summed E-state index contributed by atoms with van der Waals surface area (Å²) < 4.78 is 34.0. The molecule has 1 aromatic heterocycles.